The zero-order valence-corrected chi connectivity index (χ0v) is 14.1. The van der Waals surface area contributed by atoms with Crippen LogP contribution in [-0.2, 0) is 10.2 Å². The number of carbonyl (C=O) groups excluding carboxylic acids is 1. The number of rotatable bonds is 0. The zero-order valence-electron chi connectivity index (χ0n) is 14.1. The van der Waals surface area contributed by atoms with Crippen molar-refractivity contribution in [1.82, 2.24) is 4.90 Å². The summed E-state index contributed by atoms with van der Waals surface area (Å²) in [5.74, 6) is 0.962. The number of nitrogens with zero attached hydrogens (tertiary/aromatic N) is 1. The summed E-state index contributed by atoms with van der Waals surface area (Å²) in [4.78, 5) is 14.1. The maximum atomic E-state index is 12.3. The van der Waals surface area contributed by atoms with E-state index in [9.17, 15) is 4.79 Å². The van der Waals surface area contributed by atoms with Crippen LogP contribution in [0.25, 0.3) is 0 Å². The molecular weight excluding hydrogens is 278 g/mol. The van der Waals surface area contributed by atoms with Gasteiger partial charge in [-0.15, -0.1) is 0 Å². The number of ether oxygens (including phenoxy) is 2. The summed E-state index contributed by atoms with van der Waals surface area (Å²) in [5.41, 5.74) is 2.05. The molecule has 0 saturated carbocycles. The Labute approximate surface area is 132 Å². The molecule has 2 aliphatic heterocycles. The summed E-state index contributed by atoms with van der Waals surface area (Å²) in [5, 5.41) is 0. The molecule has 0 radical (unpaired) electrons. The van der Waals surface area contributed by atoms with E-state index in [1.807, 2.05) is 26.8 Å². The van der Waals surface area contributed by atoms with E-state index in [-0.39, 0.29) is 17.6 Å². The Morgan fingerprint density at radius 3 is 2.82 bits per heavy atom. The molecule has 1 aromatic rings. The molecule has 0 spiro atoms. The van der Waals surface area contributed by atoms with Crippen molar-refractivity contribution in [3.05, 3.63) is 29.3 Å². The molecule has 1 aromatic carbocycles. The Hall–Kier alpha value is -1.71. The summed E-state index contributed by atoms with van der Waals surface area (Å²) in [6, 6.07) is 6.34. The van der Waals surface area contributed by atoms with Gasteiger partial charge in [-0.2, -0.15) is 0 Å². The highest BCUT2D eigenvalue weighted by molar-refractivity contribution is 5.68. The van der Waals surface area contributed by atoms with E-state index in [1.165, 1.54) is 11.1 Å². The number of benzene rings is 1. The fourth-order valence-corrected chi connectivity index (χ4v) is 3.34. The normalized spacial score (nSPS) is 27.0. The van der Waals surface area contributed by atoms with Crippen LogP contribution in [0.1, 0.15) is 45.2 Å². The molecule has 2 aliphatic rings. The minimum Gasteiger partial charge on any atom is -0.487 e. The lowest BCUT2D eigenvalue weighted by atomic mass is 9.73. The summed E-state index contributed by atoms with van der Waals surface area (Å²) in [7, 11) is 0. The van der Waals surface area contributed by atoms with Crippen LogP contribution in [0.3, 0.4) is 0 Å². The minimum atomic E-state index is -0.464. The molecule has 1 amide bonds. The molecule has 2 unspecified atom stereocenters. The average molecular weight is 303 g/mol. The highest BCUT2D eigenvalue weighted by Crippen LogP contribution is 2.47. The molecule has 4 heteroatoms. The lowest BCUT2D eigenvalue weighted by molar-refractivity contribution is -0.00223. The number of likely N-dealkylation sites (tertiary alicyclic amines) is 1. The maximum absolute atomic E-state index is 12.3. The number of amides is 1. The second-order valence-electron chi connectivity index (χ2n) is 7.70. The first-order chi connectivity index (χ1) is 10.2. The number of aryl methyl sites for hydroxylation is 1. The number of carbonyl (C=O) groups is 1. The van der Waals surface area contributed by atoms with Crippen LogP contribution in [0.2, 0.25) is 0 Å². The van der Waals surface area contributed by atoms with Crippen LogP contribution in [0, 0.1) is 6.92 Å². The zero-order chi connectivity index (χ0) is 16.1. The predicted octanol–water partition coefficient (Wildman–Crippen LogP) is 3.65. The smallest absolute Gasteiger partial charge is 0.410 e. The second kappa shape index (κ2) is 4.90. The third-order valence-corrected chi connectivity index (χ3v) is 4.67. The van der Waals surface area contributed by atoms with E-state index < -0.39 is 5.60 Å². The van der Waals surface area contributed by atoms with Crippen LogP contribution in [0.15, 0.2) is 18.2 Å². The van der Waals surface area contributed by atoms with Gasteiger partial charge in [0.2, 0.25) is 0 Å². The summed E-state index contributed by atoms with van der Waals surface area (Å²) >= 11 is 0. The topological polar surface area (TPSA) is 38.8 Å². The van der Waals surface area contributed by atoms with Gasteiger partial charge in [0.05, 0.1) is 6.54 Å². The van der Waals surface area contributed by atoms with Crippen molar-refractivity contribution in [2.45, 2.75) is 58.2 Å². The molecule has 1 fully saturated rings. The molecule has 4 nitrogen and oxygen atoms in total. The highest BCUT2D eigenvalue weighted by Gasteiger charge is 2.49. The van der Waals surface area contributed by atoms with Crippen molar-refractivity contribution in [2.75, 3.05) is 13.1 Å². The third kappa shape index (κ3) is 2.55. The van der Waals surface area contributed by atoms with Crippen LogP contribution >= 0.6 is 0 Å². The van der Waals surface area contributed by atoms with E-state index in [0.29, 0.717) is 13.1 Å². The average Bonchev–Trinajstić information content (AvgIpc) is 2.68. The van der Waals surface area contributed by atoms with Crippen LogP contribution in [0.5, 0.6) is 5.75 Å². The summed E-state index contributed by atoms with van der Waals surface area (Å²) < 4.78 is 11.6. The summed E-state index contributed by atoms with van der Waals surface area (Å²) in [6.07, 6.45) is 0.656. The van der Waals surface area contributed by atoms with E-state index in [2.05, 4.69) is 26.0 Å². The van der Waals surface area contributed by atoms with E-state index in [0.717, 1.165) is 12.2 Å². The number of hydrogen-bond acceptors (Lipinski definition) is 3. The van der Waals surface area contributed by atoms with Gasteiger partial charge in [0, 0.05) is 17.5 Å². The maximum Gasteiger partial charge on any atom is 0.410 e. The van der Waals surface area contributed by atoms with E-state index >= 15 is 0 Å². The van der Waals surface area contributed by atoms with Gasteiger partial charge in [0.15, 0.2) is 0 Å². The standard InChI is InChI=1S/C18H25NO3/c1-12-6-7-14-13(10-12)18(5)8-9-19(11-15(18)21-14)16(20)22-17(2,3)4/h6-7,10,15H,8-9,11H2,1-5H3. The van der Waals surface area contributed by atoms with Crippen LogP contribution in [-0.4, -0.2) is 35.8 Å². The van der Waals surface area contributed by atoms with Crippen molar-refractivity contribution < 1.29 is 14.3 Å². The molecule has 2 heterocycles. The fraction of sp³-hybridized carbons (Fsp3) is 0.611. The molecular formula is C18H25NO3. The molecule has 22 heavy (non-hydrogen) atoms. The van der Waals surface area contributed by atoms with Gasteiger partial charge in [0.25, 0.3) is 0 Å². The fourth-order valence-electron chi connectivity index (χ4n) is 3.34. The quantitative estimate of drug-likeness (QED) is 0.734. The SMILES string of the molecule is Cc1ccc2c(c1)C1(C)CCN(C(=O)OC(C)(C)C)CC1O2. The monoisotopic (exact) mass is 303 g/mol. The van der Waals surface area contributed by atoms with Crippen molar-refractivity contribution in [3.63, 3.8) is 0 Å². The highest BCUT2D eigenvalue weighted by atomic mass is 16.6. The van der Waals surface area contributed by atoms with Crippen molar-refractivity contribution >= 4 is 6.09 Å². The summed E-state index contributed by atoms with van der Waals surface area (Å²) in [6.45, 7) is 11.3. The Kier molecular flexibility index (Phi) is 3.38. The molecule has 0 aromatic heterocycles. The Morgan fingerprint density at radius 1 is 1.41 bits per heavy atom. The Bertz CT molecular complexity index is 605. The molecule has 0 aliphatic carbocycles. The van der Waals surface area contributed by atoms with Gasteiger partial charge < -0.3 is 14.4 Å². The first-order valence-electron chi connectivity index (χ1n) is 7.95. The van der Waals surface area contributed by atoms with E-state index in [1.54, 1.807) is 4.90 Å². The number of fused-ring (bicyclic) bond motifs is 3. The molecule has 0 N–H and O–H groups in total. The first kappa shape index (κ1) is 15.2. The Balaban J connectivity index is 1.78. The largest absolute Gasteiger partial charge is 0.487 e. The number of hydrogen-bond donors (Lipinski definition) is 0. The Morgan fingerprint density at radius 2 is 2.14 bits per heavy atom. The number of piperidine rings is 1. The lowest BCUT2D eigenvalue weighted by Crippen LogP contribution is -2.54. The predicted molar refractivity (Wildman–Crippen MR) is 85.4 cm³/mol. The lowest BCUT2D eigenvalue weighted by Gasteiger charge is -2.41. The van der Waals surface area contributed by atoms with Gasteiger partial charge in [-0.25, -0.2) is 4.79 Å². The minimum absolute atomic E-state index is 0.00516. The third-order valence-electron chi connectivity index (χ3n) is 4.67. The first-order valence-corrected chi connectivity index (χ1v) is 7.95. The van der Waals surface area contributed by atoms with Crippen LogP contribution in [0.4, 0.5) is 4.79 Å². The molecule has 120 valence electrons. The second-order valence-corrected chi connectivity index (χ2v) is 7.70. The van der Waals surface area contributed by atoms with Gasteiger partial charge in [-0.1, -0.05) is 24.6 Å². The van der Waals surface area contributed by atoms with Gasteiger partial charge in [-0.05, 0) is 40.2 Å². The molecule has 1 saturated heterocycles. The van der Waals surface area contributed by atoms with Gasteiger partial charge in [0.1, 0.15) is 17.5 Å². The molecule has 2 atom stereocenters. The van der Waals surface area contributed by atoms with E-state index in [4.69, 9.17) is 9.47 Å². The van der Waals surface area contributed by atoms with Crippen LogP contribution < -0.4 is 4.74 Å². The molecule has 0 bridgehead atoms. The molecule has 3 rings (SSSR count). The van der Waals surface area contributed by atoms with Crippen molar-refractivity contribution in [1.29, 1.82) is 0 Å². The van der Waals surface area contributed by atoms with Crippen molar-refractivity contribution in [2.24, 2.45) is 0 Å². The van der Waals surface area contributed by atoms with Gasteiger partial charge >= 0.3 is 6.09 Å². The van der Waals surface area contributed by atoms with Gasteiger partial charge in [-0.3, -0.25) is 0 Å². The van der Waals surface area contributed by atoms with Crippen molar-refractivity contribution in [3.8, 4) is 5.75 Å².